The monoisotopic (exact) mass is 365 g/mol. The Morgan fingerprint density at radius 3 is 1.69 bits per heavy atom. The lowest BCUT2D eigenvalue weighted by Gasteiger charge is -2.28. The maximum atomic E-state index is 12.9. The molecule has 2 aromatic carbocycles. The van der Waals surface area contributed by atoms with E-state index < -0.39 is 11.7 Å². The Balaban J connectivity index is 2.54. The van der Waals surface area contributed by atoms with Crippen LogP contribution >= 0.6 is 0 Å². The van der Waals surface area contributed by atoms with Crippen LogP contribution in [0.5, 0.6) is 5.75 Å². The molecule has 2 nitrogen and oxygen atoms in total. The Hall–Kier alpha value is -2.17. The van der Waals surface area contributed by atoms with Gasteiger partial charge in [-0.2, -0.15) is 13.2 Å². The maximum absolute atomic E-state index is 12.9. The fraction of sp³-hybridized carbons (Fsp3) is 0.429. The molecule has 2 N–H and O–H groups in total. The van der Waals surface area contributed by atoms with E-state index in [1.807, 2.05) is 41.5 Å². The van der Waals surface area contributed by atoms with Gasteiger partial charge in [-0.05, 0) is 41.2 Å². The molecule has 0 aliphatic rings. The molecular formula is C21H26F3NO. The molecule has 0 heterocycles. The second-order valence-corrected chi connectivity index (χ2v) is 8.62. The van der Waals surface area contributed by atoms with E-state index in [1.165, 1.54) is 6.07 Å². The van der Waals surface area contributed by atoms with Gasteiger partial charge in [0.1, 0.15) is 5.75 Å². The molecule has 0 unspecified atom stereocenters. The molecule has 0 aliphatic heterocycles. The van der Waals surface area contributed by atoms with Crippen molar-refractivity contribution in [3.63, 3.8) is 0 Å². The summed E-state index contributed by atoms with van der Waals surface area (Å²) in [5, 5.41) is 13.8. The van der Waals surface area contributed by atoms with E-state index in [2.05, 4.69) is 5.32 Å². The van der Waals surface area contributed by atoms with Crippen molar-refractivity contribution in [2.75, 3.05) is 5.32 Å². The lowest BCUT2D eigenvalue weighted by molar-refractivity contribution is -0.137. The van der Waals surface area contributed by atoms with Crippen LogP contribution in [-0.4, -0.2) is 5.11 Å². The third kappa shape index (κ3) is 4.51. The SMILES string of the molecule is CC(C)(C)c1cc(Nc2cccc(C(F)(F)F)c2)cc(C(C)(C)C)c1O. The number of aromatic hydroxyl groups is 1. The van der Waals surface area contributed by atoms with Crippen molar-refractivity contribution in [1.82, 2.24) is 0 Å². The predicted molar refractivity (Wildman–Crippen MR) is 100 cm³/mol. The molecule has 0 fully saturated rings. The smallest absolute Gasteiger partial charge is 0.416 e. The maximum Gasteiger partial charge on any atom is 0.416 e. The van der Waals surface area contributed by atoms with Crippen molar-refractivity contribution in [2.45, 2.75) is 58.5 Å². The van der Waals surface area contributed by atoms with Gasteiger partial charge in [0, 0.05) is 22.5 Å². The van der Waals surface area contributed by atoms with Gasteiger partial charge in [0.05, 0.1) is 5.56 Å². The fourth-order valence-corrected chi connectivity index (χ4v) is 2.79. The minimum atomic E-state index is -4.39. The number of halogens is 3. The summed E-state index contributed by atoms with van der Waals surface area (Å²) in [7, 11) is 0. The van der Waals surface area contributed by atoms with Crippen LogP contribution in [0.1, 0.15) is 58.2 Å². The third-order valence-corrected chi connectivity index (χ3v) is 4.20. The summed E-state index contributed by atoms with van der Waals surface area (Å²) in [6.07, 6.45) is -4.39. The highest BCUT2D eigenvalue weighted by atomic mass is 19.4. The van der Waals surface area contributed by atoms with E-state index in [0.717, 1.165) is 23.3 Å². The normalized spacial score (nSPS) is 13.0. The van der Waals surface area contributed by atoms with Crippen molar-refractivity contribution in [1.29, 1.82) is 0 Å². The van der Waals surface area contributed by atoms with Crippen LogP contribution in [0.3, 0.4) is 0 Å². The summed E-state index contributed by atoms with van der Waals surface area (Å²) in [5.41, 5.74) is 1.18. The first-order chi connectivity index (χ1) is 11.7. The summed E-state index contributed by atoms with van der Waals surface area (Å²) in [4.78, 5) is 0. The molecular weight excluding hydrogens is 339 g/mol. The van der Waals surface area contributed by atoms with Gasteiger partial charge in [0.2, 0.25) is 0 Å². The molecule has 0 bridgehead atoms. The minimum absolute atomic E-state index is 0.236. The van der Waals surface area contributed by atoms with Crippen molar-refractivity contribution >= 4 is 11.4 Å². The first-order valence-electron chi connectivity index (χ1n) is 8.52. The quantitative estimate of drug-likeness (QED) is 0.577. The molecule has 2 rings (SSSR count). The van der Waals surface area contributed by atoms with Gasteiger partial charge in [0.15, 0.2) is 0 Å². The highest BCUT2D eigenvalue weighted by Gasteiger charge is 2.30. The van der Waals surface area contributed by atoms with Crippen LogP contribution in [0, 0.1) is 0 Å². The van der Waals surface area contributed by atoms with Gasteiger partial charge < -0.3 is 10.4 Å². The number of hydrogen-bond acceptors (Lipinski definition) is 2. The third-order valence-electron chi connectivity index (χ3n) is 4.20. The van der Waals surface area contributed by atoms with Gasteiger partial charge in [-0.25, -0.2) is 0 Å². The van der Waals surface area contributed by atoms with E-state index in [0.29, 0.717) is 11.4 Å². The van der Waals surface area contributed by atoms with E-state index >= 15 is 0 Å². The second kappa shape index (κ2) is 6.53. The Kier molecular flexibility index (Phi) is 5.06. The molecule has 0 atom stereocenters. The van der Waals surface area contributed by atoms with Crippen LogP contribution in [-0.2, 0) is 17.0 Å². The van der Waals surface area contributed by atoms with Crippen LogP contribution in [0.25, 0.3) is 0 Å². The molecule has 0 aromatic heterocycles. The van der Waals surface area contributed by atoms with E-state index in [4.69, 9.17) is 0 Å². The van der Waals surface area contributed by atoms with Gasteiger partial charge >= 0.3 is 6.18 Å². The number of hydrogen-bond donors (Lipinski definition) is 2. The minimum Gasteiger partial charge on any atom is -0.507 e. The zero-order chi connectivity index (χ0) is 19.9. The van der Waals surface area contributed by atoms with Crippen LogP contribution in [0.2, 0.25) is 0 Å². The number of nitrogens with one attached hydrogen (secondary N) is 1. The molecule has 0 saturated heterocycles. The van der Waals surface area contributed by atoms with Crippen molar-refractivity contribution < 1.29 is 18.3 Å². The molecule has 0 spiro atoms. The highest BCUT2D eigenvalue weighted by molar-refractivity contribution is 5.66. The standard InChI is InChI=1S/C21H26F3NO/c1-19(2,3)16-11-15(12-17(18(16)26)20(4,5)6)25-14-9-7-8-13(10-14)21(22,23)24/h7-12,25-26H,1-6H3. The molecule has 5 heteroatoms. The predicted octanol–water partition coefficient (Wildman–Crippen LogP) is 6.75. The van der Waals surface area contributed by atoms with Gasteiger partial charge in [-0.1, -0.05) is 47.6 Å². The molecule has 2 aromatic rings. The van der Waals surface area contributed by atoms with Gasteiger partial charge in [-0.3, -0.25) is 0 Å². The van der Waals surface area contributed by atoms with E-state index in [9.17, 15) is 18.3 Å². The zero-order valence-corrected chi connectivity index (χ0v) is 16.0. The average Bonchev–Trinajstić information content (AvgIpc) is 2.46. The fourth-order valence-electron chi connectivity index (χ4n) is 2.79. The molecule has 142 valence electrons. The lowest BCUT2D eigenvalue weighted by atomic mass is 9.79. The summed E-state index contributed by atoms with van der Waals surface area (Å²) in [5.74, 6) is 0.236. The Labute approximate surface area is 153 Å². The number of phenols is 1. The average molecular weight is 365 g/mol. The number of anilines is 2. The van der Waals surface area contributed by atoms with Gasteiger partial charge in [-0.15, -0.1) is 0 Å². The summed E-state index contributed by atoms with van der Waals surface area (Å²) >= 11 is 0. The van der Waals surface area contributed by atoms with Gasteiger partial charge in [0.25, 0.3) is 0 Å². The molecule has 0 saturated carbocycles. The summed E-state index contributed by atoms with van der Waals surface area (Å²) in [6.45, 7) is 11.9. The van der Waals surface area contributed by atoms with E-state index in [-0.39, 0.29) is 16.6 Å². The lowest BCUT2D eigenvalue weighted by Crippen LogP contribution is -2.17. The number of rotatable bonds is 2. The van der Waals surface area contributed by atoms with Crippen molar-refractivity contribution in [3.8, 4) is 5.75 Å². The highest BCUT2D eigenvalue weighted by Crippen LogP contribution is 2.41. The zero-order valence-electron chi connectivity index (χ0n) is 16.0. The first-order valence-corrected chi connectivity index (χ1v) is 8.52. The number of phenolic OH excluding ortho intramolecular Hbond substituents is 1. The Morgan fingerprint density at radius 1 is 0.769 bits per heavy atom. The Bertz CT molecular complexity index is 761. The molecule has 0 amide bonds. The number of alkyl halides is 3. The molecule has 26 heavy (non-hydrogen) atoms. The van der Waals surface area contributed by atoms with Crippen LogP contribution in [0.4, 0.5) is 24.5 Å². The Morgan fingerprint density at radius 2 is 1.27 bits per heavy atom. The summed E-state index contributed by atoms with van der Waals surface area (Å²) < 4.78 is 38.8. The molecule has 0 radical (unpaired) electrons. The first kappa shape index (κ1) is 20.1. The topological polar surface area (TPSA) is 32.3 Å². The summed E-state index contributed by atoms with van der Waals surface area (Å²) in [6, 6.07) is 8.69. The molecule has 0 aliphatic carbocycles. The van der Waals surface area contributed by atoms with Crippen molar-refractivity contribution in [3.05, 3.63) is 53.1 Å². The number of benzene rings is 2. The second-order valence-electron chi connectivity index (χ2n) is 8.62. The largest absolute Gasteiger partial charge is 0.507 e. The van der Waals surface area contributed by atoms with Crippen LogP contribution < -0.4 is 5.32 Å². The van der Waals surface area contributed by atoms with Crippen LogP contribution in [0.15, 0.2) is 36.4 Å². The van der Waals surface area contributed by atoms with Crippen molar-refractivity contribution in [2.24, 2.45) is 0 Å². The van der Waals surface area contributed by atoms with E-state index in [1.54, 1.807) is 18.2 Å².